The maximum Gasteiger partial charge on any atom is 0.416 e. The predicted octanol–water partition coefficient (Wildman–Crippen LogP) is 4.30. The van der Waals surface area contributed by atoms with E-state index in [1.807, 2.05) is 12.1 Å². The van der Waals surface area contributed by atoms with Crippen LogP contribution in [0.15, 0.2) is 48.5 Å². The first kappa shape index (κ1) is 22.5. The van der Waals surface area contributed by atoms with Crippen LogP contribution in [0, 0.1) is 0 Å². The van der Waals surface area contributed by atoms with Crippen molar-refractivity contribution in [1.29, 1.82) is 0 Å². The van der Waals surface area contributed by atoms with Gasteiger partial charge in [0, 0.05) is 38.9 Å². The Balaban J connectivity index is 1.96. The standard InChI is InChI=1S/C21H24F3NO4/c1-15(26)28-13-16-6-4-5-7-20(16)29-14-19(27-3)12-25(2)18-10-8-17(9-11-18)21(22,23)24/h4-11,19H,12-14H2,1-3H3. The van der Waals surface area contributed by atoms with E-state index in [1.165, 1.54) is 19.1 Å². The molecule has 0 saturated heterocycles. The van der Waals surface area contributed by atoms with Gasteiger partial charge in [0.1, 0.15) is 25.1 Å². The smallest absolute Gasteiger partial charge is 0.416 e. The fourth-order valence-corrected chi connectivity index (χ4v) is 2.64. The summed E-state index contributed by atoms with van der Waals surface area (Å²) < 4.78 is 54.4. The summed E-state index contributed by atoms with van der Waals surface area (Å²) in [5.74, 6) is 0.195. The lowest BCUT2D eigenvalue weighted by Crippen LogP contribution is -2.34. The first-order valence-corrected chi connectivity index (χ1v) is 8.96. The van der Waals surface area contributed by atoms with E-state index in [0.29, 0.717) is 18.0 Å². The topological polar surface area (TPSA) is 48.0 Å². The quantitative estimate of drug-likeness (QED) is 0.576. The molecule has 2 aromatic rings. The number of alkyl halides is 3. The zero-order chi connectivity index (χ0) is 21.4. The molecule has 0 N–H and O–H groups in total. The van der Waals surface area contributed by atoms with Crippen LogP contribution in [0.1, 0.15) is 18.1 Å². The van der Waals surface area contributed by atoms with Gasteiger partial charge in [-0.1, -0.05) is 18.2 Å². The monoisotopic (exact) mass is 411 g/mol. The Labute approximate surface area is 168 Å². The minimum absolute atomic E-state index is 0.106. The number of hydrogen-bond donors (Lipinski definition) is 0. The molecule has 2 aromatic carbocycles. The highest BCUT2D eigenvalue weighted by atomic mass is 19.4. The van der Waals surface area contributed by atoms with Crippen LogP contribution in [-0.4, -0.2) is 39.4 Å². The second kappa shape index (κ2) is 10.2. The molecule has 1 atom stereocenters. The number of hydrogen-bond acceptors (Lipinski definition) is 5. The molecular weight excluding hydrogens is 387 g/mol. The molecule has 0 amide bonds. The van der Waals surface area contributed by atoms with Crippen molar-refractivity contribution in [2.45, 2.75) is 25.8 Å². The minimum Gasteiger partial charge on any atom is -0.490 e. The Morgan fingerprint density at radius 3 is 2.34 bits per heavy atom. The van der Waals surface area contributed by atoms with Gasteiger partial charge in [-0.25, -0.2) is 0 Å². The zero-order valence-corrected chi connectivity index (χ0v) is 16.5. The highest BCUT2D eigenvalue weighted by Crippen LogP contribution is 2.30. The number of ether oxygens (including phenoxy) is 3. The Bertz CT molecular complexity index is 793. The van der Waals surface area contributed by atoms with Crippen LogP contribution >= 0.6 is 0 Å². The summed E-state index contributed by atoms with van der Waals surface area (Å²) in [5.41, 5.74) is 0.676. The second-order valence-electron chi connectivity index (χ2n) is 6.48. The van der Waals surface area contributed by atoms with Crippen molar-refractivity contribution in [2.24, 2.45) is 0 Å². The van der Waals surface area contributed by atoms with Crippen molar-refractivity contribution >= 4 is 11.7 Å². The fourth-order valence-electron chi connectivity index (χ4n) is 2.64. The number of methoxy groups -OCH3 is 1. The van der Waals surface area contributed by atoms with Crippen molar-refractivity contribution in [2.75, 3.05) is 32.2 Å². The van der Waals surface area contributed by atoms with E-state index < -0.39 is 11.7 Å². The number of likely N-dealkylation sites (N-methyl/N-ethyl adjacent to an activating group) is 1. The molecule has 29 heavy (non-hydrogen) atoms. The Morgan fingerprint density at radius 1 is 1.10 bits per heavy atom. The molecule has 158 valence electrons. The second-order valence-corrected chi connectivity index (χ2v) is 6.48. The van der Waals surface area contributed by atoms with Crippen molar-refractivity contribution in [3.8, 4) is 5.75 Å². The maximum atomic E-state index is 12.7. The molecule has 0 bridgehead atoms. The third-order valence-corrected chi connectivity index (χ3v) is 4.27. The molecule has 0 aliphatic carbocycles. The fraction of sp³-hybridized carbons (Fsp3) is 0.381. The Kier molecular flexibility index (Phi) is 7.90. The predicted molar refractivity (Wildman–Crippen MR) is 103 cm³/mol. The van der Waals surface area contributed by atoms with E-state index in [2.05, 4.69) is 0 Å². The van der Waals surface area contributed by atoms with Crippen molar-refractivity contribution in [3.63, 3.8) is 0 Å². The molecule has 1 unspecified atom stereocenters. The van der Waals surface area contributed by atoms with Gasteiger partial charge in [-0.15, -0.1) is 0 Å². The van der Waals surface area contributed by atoms with Gasteiger partial charge in [0.15, 0.2) is 0 Å². The lowest BCUT2D eigenvalue weighted by Gasteiger charge is -2.25. The Hall–Kier alpha value is -2.74. The molecule has 2 rings (SSSR count). The molecule has 0 aliphatic rings. The minimum atomic E-state index is -4.36. The van der Waals surface area contributed by atoms with E-state index in [0.717, 1.165) is 17.7 Å². The van der Waals surface area contributed by atoms with Crippen LogP contribution in [0.25, 0.3) is 0 Å². The van der Waals surface area contributed by atoms with Crippen LogP contribution in [0.3, 0.4) is 0 Å². The van der Waals surface area contributed by atoms with Gasteiger partial charge in [-0.05, 0) is 30.3 Å². The van der Waals surface area contributed by atoms with Crippen molar-refractivity contribution < 1.29 is 32.2 Å². The summed E-state index contributed by atoms with van der Waals surface area (Å²) in [4.78, 5) is 12.8. The number of nitrogens with zero attached hydrogens (tertiary/aromatic N) is 1. The number of esters is 1. The molecule has 0 saturated carbocycles. The zero-order valence-electron chi connectivity index (χ0n) is 16.5. The highest BCUT2D eigenvalue weighted by molar-refractivity contribution is 5.66. The molecule has 5 nitrogen and oxygen atoms in total. The molecular formula is C21H24F3NO4. The summed E-state index contributed by atoms with van der Waals surface area (Å²) in [7, 11) is 3.31. The van der Waals surface area contributed by atoms with E-state index in [1.54, 1.807) is 31.2 Å². The first-order chi connectivity index (χ1) is 13.7. The summed E-state index contributed by atoms with van der Waals surface area (Å²) in [6.07, 6.45) is -4.69. The number of para-hydroxylation sites is 1. The van der Waals surface area contributed by atoms with Gasteiger partial charge in [0.05, 0.1) is 5.56 Å². The molecule has 0 spiro atoms. The summed E-state index contributed by atoms with van der Waals surface area (Å²) in [5, 5.41) is 0. The Morgan fingerprint density at radius 2 is 1.76 bits per heavy atom. The van der Waals surface area contributed by atoms with E-state index in [-0.39, 0.29) is 25.3 Å². The molecule has 0 fully saturated rings. The molecule has 0 aliphatic heterocycles. The largest absolute Gasteiger partial charge is 0.490 e. The summed E-state index contributed by atoms with van der Waals surface area (Å²) >= 11 is 0. The number of anilines is 1. The van der Waals surface area contributed by atoms with Gasteiger partial charge < -0.3 is 19.1 Å². The van der Waals surface area contributed by atoms with Gasteiger partial charge in [0.2, 0.25) is 0 Å². The number of carbonyl (C=O) groups excluding carboxylic acids is 1. The van der Waals surface area contributed by atoms with Crippen LogP contribution in [0.5, 0.6) is 5.75 Å². The van der Waals surface area contributed by atoms with E-state index in [4.69, 9.17) is 14.2 Å². The lowest BCUT2D eigenvalue weighted by atomic mass is 10.2. The SMILES string of the molecule is COC(COc1ccccc1COC(C)=O)CN(C)c1ccc(C(F)(F)F)cc1. The van der Waals surface area contributed by atoms with Gasteiger partial charge in [-0.3, -0.25) is 4.79 Å². The first-order valence-electron chi connectivity index (χ1n) is 8.96. The van der Waals surface area contributed by atoms with Gasteiger partial charge in [0.25, 0.3) is 0 Å². The molecule has 8 heteroatoms. The normalized spacial score (nSPS) is 12.3. The van der Waals surface area contributed by atoms with E-state index >= 15 is 0 Å². The average molecular weight is 411 g/mol. The van der Waals surface area contributed by atoms with Crippen LogP contribution in [-0.2, 0) is 27.1 Å². The highest BCUT2D eigenvalue weighted by Gasteiger charge is 2.30. The van der Waals surface area contributed by atoms with Gasteiger partial charge >= 0.3 is 12.1 Å². The molecule has 0 radical (unpaired) electrons. The average Bonchev–Trinajstić information content (AvgIpc) is 2.69. The van der Waals surface area contributed by atoms with Gasteiger partial charge in [-0.2, -0.15) is 13.2 Å². The van der Waals surface area contributed by atoms with Crippen molar-refractivity contribution in [3.05, 3.63) is 59.7 Å². The number of benzene rings is 2. The number of rotatable bonds is 9. The van der Waals surface area contributed by atoms with Crippen molar-refractivity contribution in [1.82, 2.24) is 0 Å². The van der Waals surface area contributed by atoms with E-state index in [9.17, 15) is 18.0 Å². The number of carbonyl (C=O) groups is 1. The summed E-state index contributed by atoms with van der Waals surface area (Å²) in [6, 6.07) is 12.1. The molecule has 0 aromatic heterocycles. The third-order valence-electron chi connectivity index (χ3n) is 4.27. The van der Waals surface area contributed by atoms with Crippen LogP contribution in [0.2, 0.25) is 0 Å². The van der Waals surface area contributed by atoms with Crippen LogP contribution < -0.4 is 9.64 Å². The molecule has 0 heterocycles. The summed E-state index contributed by atoms with van der Waals surface area (Å²) in [6.45, 7) is 2.07. The van der Waals surface area contributed by atoms with Crippen LogP contribution in [0.4, 0.5) is 18.9 Å². The maximum absolute atomic E-state index is 12.7. The third kappa shape index (κ3) is 6.98. The lowest BCUT2D eigenvalue weighted by molar-refractivity contribution is -0.142. The number of halogens is 3.